The third-order valence-electron chi connectivity index (χ3n) is 2.93. The van der Waals surface area contributed by atoms with Crippen LogP contribution in [0.25, 0.3) is 6.08 Å². The largest absolute Gasteiger partial charge is 0.319 e. The van der Waals surface area contributed by atoms with Gasteiger partial charge in [0.25, 0.3) is 11.6 Å². The summed E-state index contributed by atoms with van der Waals surface area (Å²) in [7, 11) is 0. The highest BCUT2D eigenvalue weighted by molar-refractivity contribution is 9.10. The number of non-ortho nitro benzene ring substituents is 1. The molecule has 0 spiro atoms. The summed E-state index contributed by atoms with van der Waals surface area (Å²) in [6.45, 7) is 0. The zero-order chi connectivity index (χ0) is 17.7. The van der Waals surface area contributed by atoms with E-state index in [0.717, 1.165) is 22.7 Å². The predicted octanol–water partition coefficient (Wildman–Crippen LogP) is 4.04. The van der Waals surface area contributed by atoms with Gasteiger partial charge in [0.1, 0.15) is 17.5 Å². The average Bonchev–Trinajstić information content (AvgIpc) is 2.54. The summed E-state index contributed by atoms with van der Waals surface area (Å²) in [6, 6.07) is 11.3. The van der Waals surface area contributed by atoms with Gasteiger partial charge in [0.05, 0.1) is 10.6 Å². The molecular weight excluding hydrogens is 381 g/mol. The van der Waals surface area contributed by atoms with Crippen LogP contribution in [0.15, 0.2) is 52.5 Å². The molecule has 1 amide bonds. The van der Waals surface area contributed by atoms with Gasteiger partial charge in [-0.05, 0) is 29.8 Å². The molecule has 0 bridgehead atoms. The molecule has 0 aromatic heterocycles. The van der Waals surface area contributed by atoms with Crippen LogP contribution in [0, 0.1) is 27.3 Å². The zero-order valence-corrected chi connectivity index (χ0v) is 13.6. The number of benzene rings is 2. The lowest BCUT2D eigenvalue weighted by Gasteiger charge is -2.05. The minimum Gasteiger partial charge on any atom is -0.319 e. The number of hydrogen-bond acceptors (Lipinski definition) is 4. The van der Waals surface area contributed by atoms with Crippen molar-refractivity contribution in [2.75, 3.05) is 5.32 Å². The number of anilines is 1. The van der Waals surface area contributed by atoms with Crippen LogP contribution in [0.2, 0.25) is 0 Å². The van der Waals surface area contributed by atoms with Crippen molar-refractivity contribution < 1.29 is 14.1 Å². The van der Waals surface area contributed by atoms with Gasteiger partial charge in [-0.2, -0.15) is 5.26 Å². The van der Waals surface area contributed by atoms with Gasteiger partial charge in [-0.15, -0.1) is 0 Å². The lowest BCUT2D eigenvalue weighted by Crippen LogP contribution is -2.14. The number of carbonyl (C=O) groups excluding carboxylic acids is 1. The standard InChI is InChI=1S/C16H9BrFN3O3/c17-12-3-1-2-10(7-12)6-11(9-19)16(22)20-15-8-13(21(23)24)4-5-14(15)18/h1-8H,(H,20,22)/b11-6-. The lowest BCUT2D eigenvalue weighted by molar-refractivity contribution is -0.384. The van der Waals surface area contributed by atoms with Crippen molar-refractivity contribution in [2.24, 2.45) is 0 Å². The fourth-order valence-electron chi connectivity index (χ4n) is 1.82. The van der Waals surface area contributed by atoms with Crippen molar-refractivity contribution in [2.45, 2.75) is 0 Å². The van der Waals surface area contributed by atoms with E-state index in [1.165, 1.54) is 6.08 Å². The number of amides is 1. The number of hydrogen-bond donors (Lipinski definition) is 1. The van der Waals surface area contributed by atoms with Crippen molar-refractivity contribution in [3.8, 4) is 6.07 Å². The van der Waals surface area contributed by atoms with Gasteiger partial charge in [-0.25, -0.2) is 4.39 Å². The van der Waals surface area contributed by atoms with E-state index in [1.807, 2.05) is 0 Å². The van der Waals surface area contributed by atoms with Gasteiger partial charge < -0.3 is 5.32 Å². The highest BCUT2D eigenvalue weighted by Gasteiger charge is 2.15. The molecule has 0 aliphatic carbocycles. The van der Waals surface area contributed by atoms with Crippen LogP contribution in [0.1, 0.15) is 5.56 Å². The lowest BCUT2D eigenvalue weighted by atomic mass is 10.1. The van der Waals surface area contributed by atoms with Gasteiger partial charge in [0.2, 0.25) is 0 Å². The van der Waals surface area contributed by atoms with Gasteiger partial charge in [0.15, 0.2) is 0 Å². The maximum absolute atomic E-state index is 13.7. The van der Waals surface area contributed by atoms with Crippen molar-refractivity contribution in [1.82, 2.24) is 0 Å². The molecule has 0 aliphatic rings. The topological polar surface area (TPSA) is 96.0 Å². The minimum atomic E-state index is -0.864. The normalized spacial score (nSPS) is 10.8. The minimum absolute atomic E-state index is 0.265. The summed E-state index contributed by atoms with van der Waals surface area (Å²) in [6.07, 6.45) is 1.33. The van der Waals surface area contributed by atoms with Crippen molar-refractivity contribution in [3.05, 3.63) is 74.0 Å². The second-order valence-corrected chi connectivity index (χ2v) is 5.52. The van der Waals surface area contributed by atoms with Gasteiger partial charge in [-0.3, -0.25) is 14.9 Å². The predicted molar refractivity (Wildman–Crippen MR) is 89.4 cm³/mol. The van der Waals surface area contributed by atoms with E-state index in [4.69, 9.17) is 5.26 Å². The molecule has 1 N–H and O–H groups in total. The highest BCUT2D eigenvalue weighted by Crippen LogP contribution is 2.22. The van der Waals surface area contributed by atoms with Crippen molar-refractivity contribution >= 4 is 39.3 Å². The number of halogens is 2. The van der Waals surface area contributed by atoms with Crippen LogP contribution in [0.4, 0.5) is 15.8 Å². The Morgan fingerprint density at radius 3 is 2.71 bits per heavy atom. The number of nitrogens with one attached hydrogen (secondary N) is 1. The van der Waals surface area contributed by atoms with E-state index in [9.17, 15) is 19.3 Å². The Morgan fingerprint density at radius 1 is 1.33 bits per heavy atom. The third kappa shape index (κ3) is 4.24. The molecule has 24 heavy (non-hydrogen) atoms. The summed E-state index contributed by atoms with van der Waals surface area (Å²) in [5.41, 5.74) is -0.416. The third-order valence-corrected chi connectivity index (χ3v) is 3.43. The molecule has 0 fully saturated rings. The first kappa shape index (κ1) is 17.3. The number of nitriles is 1. The number of nitrogens with zero attached hydrogens (tertiary/aromatic N) is 2. The van der Waals surface area contributed by atoms with Crippen LogP contribution in [-0.2, 0) is 4.79 Å². The first-order valence-corrected chi connectivity index (χ1v) is 7.32. The SMILES string of the molecule is N#C/C(=C/c1cccc(Br)c1)C(=O)Nc1cc([N+](=O)[O-])ccc1F. The van der Waals surface area contributed by atoms with Crippen LogP contribution < -0.4 is 5.32 Å². The maximum Gasteiger partial charge on any atom is 0.271 e. The average molecular weight is 390 g/mol. The Labute approximate surface area is 144 Å². The summed E-state index contributed by atoms with van der Waals surface area (Å²) in [4.78, 5) is 22.1. The molecule has 120 valence electrons. The van der Waals surface area contributed by atoms with Crippen molar-refractivity contribution in [1.29, 1.82) is 5.26 Å². The number of rotatable bonds is 4. The first-order chi connectivity index (χ1) is 11.4. The highest BCUT2D eigenvalue weighted by atomic mass is 79.9. The molecule has 2 rings (SSSR count). The van der Waals surface area contributed by atoms with Gasteiger partial charge in [-0.1, -0.05) is 28.1 Å². The summed E-state index contributed by atoms with van der Waals surface area (Å²) >= 11 is 3.27. The molecule has 2 aromatic carbocycles. The van der Waals surface area contributed by atoms with E-state index >= 15 is 0 Å². The van der Waals surface area contributed by atoms with Crippen LogP contribution in [0.3, 0.4) is 0 Å². The molecule has 0 unspecified atom stereocenters. The molecule has 0 atom stereocenters. The Hall–Kier alpha value is -3.05. The molecule has 0 radical (unpaired) electrons. The maximum atomic E-state index is 13.7. The Morgan fingerprint density at radius 2 is 2.08 bits per heavy atom. The molecular formula is C16H9BrFN3O3. The van der Waals surface area contributed by atoms with Crippen molar-refractivity contribution in [3.63, 3.8) is 0 Å². The van der Waals surface area contributed by atoms with Gasteiger partial charge >= 0.3 is 0 Å². The van der Waals surface area contributed by atoms with E-state index in [-0.39, 0.29) is 16.9 Å². The molecule has 6 nitrogen and oxygen atoms in total. The van der Waals surface area contributed by atoms with E-state index in [1.54, 1.807) is 30.3 Å². The number of nitro benzene ring substituents is 1. The number of nitro groups is 1. The summed E-state index contributed by atoms with van der Waals surface area (Å²) in [5.74, 6) is -1.70. The van der Waals surface area contributed by atoms with E-state index in [0.29, 0.717) is 5.56 Å². The second-order valence-electron chi connectivity index (χ2n) is 4.60. The second kappa shape index (κ2) is 7.48. The molecule has 8 heteroatoms. The molecule has 0 heterocycles. The van der Waals surface area contributed by atoms with Crippen LogP contribution in [0.5, 0.6) is 0 Å². The summed E-state index contributed by atoms with van der Waals surface area (Å²) < 4.78 is 14.5. The fourth-order valence-corrected chi connectivity index (χ4v) is 2.24. The molecule has 0 aliphatic heterocycles. The first-order valence-electron chi connectivity index (χ1n) is 6.53. The smallest absolute Gasteiger partial charge is 0.271 e. The molecule has 0 saturated carbocycles. The van der Waals surface area contributed by atoms with Gasteiger partial charge in [0, 0.05) is 16.6 Å². The monoisotopic (exact) mass is 389 g/mol. The Bertz CT molecular complexity index is 890. The molecule has 2 aromatic rings. The fraction of sp³-hybridized carbons (Fsp3) is 0. The Balaban J connectivity index is 2.29. The van der Waals surface area contributed by atoms with Crippen LogP contribution in [-0.4, -0.2) is 10.8 Å². The number of carbonyl (C=O) groups is 1. The molecule has 0 saturated heterocycles. The van der Waals surface area contributed by atoms with Crippen LogP contribution >= 0.6 is 15.9 Å². The quantitative estimate of drug-likeness (QED) is 0.369. The Kier molecular flexibility index (Phi) is 5.39. The van der Waals surface area contributed by atoms with E-state index < -0.39 is 16.6 Å². The zero-order valence-electron chi connectivity index (χ0n) is 12.0. The summed E-state index contributed by atoms with van der Waals surface area (Å²) in [5, 5.41) is 22.0. The van der Waals surface area contributed by atoms with E-state index in [2.05, 4.69) is 21.2 Å².